The molecule has 0 spiro atoms. The van der Waals surface area contributed by atoms with Crippen molar-refractivity contribution < 1.29 is 9.53 Å². The Labute approximate surface area is 146 Å². The maximum absolute atomic E-state index is 13.0. The van der Waals surface area contributed by atoms with Crippen molar-refractivity contribution in [3.63, 3.8) is 0 Å². The van der Waals surface area contributed by atoms with Gasteiger partial charge in [0.1, 0.15) is 11.9 Å². The number of ether oxygens (including phenoxy) is 1. The molecule has 2 aromatic carbocycles. The number of fused-ring (bicyclic) bond motifs is 1. The standard InChI is InChI=1S/C19H18N2O2S/c1-13-6-7-17-18(10-13)23-14(2)12-21(17)19(22)15-4-3-5-16(11-15)24-9-8-20/h3-7,10-11,14H,9,12H2,1-2H3/t14-/m1/s1. The van der Waals surface area contributed by atoms with Gasteiger partial charge in [0.2, 0.25) is 0 Å². The molecule has 5 heteroatoms. The Morgan fingerprint density at radius 3 is 3.00 bits per heavy atom. The molecule has 122 valence electrons. The minimum atomic E-state index is -0.0561. The highest BCUT2D eigenvalue weighted by molar-refractivity contribution is 7.99. The van der Waals surface area contributed by atoms with E-state index in [9.17, 15) is 4.79 Å². The van der Waals surface area contributed by atoms with Crippen LogP contribution in [0.1, 0.15) is 22.8 Å². The fourth-order valence-corrected chi connectivity index (χ4v) is 3.35. The number of amides is 1. The summed E-state index contributed by atoms with van der Waals surface area (Å²) in [6.07, 6.45) is -0.0561. The quantitative estimate of drug-likeness (QED) is 0.793. The third-order valence-corrected chi connectivity index (χ3v) is 4.66. The highest BCUT2D eigenvalue weighted by Gasteiger charge is 2.28. The first-order chi connectivity index (χ1) is 11.6. The molecule has 2 aromatic rings. The van der Waals surface area contributed by atoms with Gasteiger partial charge in [-0.25, -0.2) is 0 Å². The molecule has 0 unspecified atom stereocenters. The topological polar surface area (TPSA) is 53.3 Å². The van der Waals surface area contributed by atoms with Crippen LogP contribution in [0, 0.1) is 18.3 Å². The minimum absolute atomic E-state index is 0.0466. The fourth-order valence-electron chi connectivity index (χ4n) is 2.73. The molecular weight excluding hydrogens is 320 g/mol. The van der Waals surface area contributed by atoms with Crippen LogP contribution in [-0.4, -0.2) is 24.3 Å². The summed E-state index contributed by atoms with van der Waals surface area (Å²) in [5.74, 6) is 1.07. The number of carbonyl (C=O) groups is 1. The Morgan fingerprint density at radius 2 is 2.21 bits per heavy atom. The van der Waals surface area contributed by atoms with Gasteiger partial charge < -0.3 is 9.64 Å². The zero-order chi connectivity index (χ0) is 17.1. The summed E-state index contributed by atoms with van der Waals surface area (Å²) in [5.41, 5.74) is 2.53. The number of thioether (sulfide) groups is 1. The maximum atomic E-state index is 13.0. The zero-order valence-corrected chi connectivity index (χ0v) is 14.5. The van der Waals surface area contributed by atoms with Crippen molar-refractivity contribution in [2.24, 2.45) is 0 Å². The monoisotopic (exact) mass is 338 g/mol. The molecule has 4 nitrogen and oxygen atoms in total. The van der Waals surface area contributed by atoms with Gasteiger partial charge in [-0.1, -0.05) is 12.1 Å². The first kappa shape index (κ1) is 16.4. The van der Waals surface area contributed by atoms with Crippen LogP contribution in [0.25, 0.3) is 0 Å². The number of anilines is 1. The van der Waals surface area contributed by atoms with Crippen LogP contribution in [-0.2, 0) is 0 Å². The maximum Gasteiger partial charge on any atom is 0.258 e. The minimum Gasteiger partial charge on any atom is -0.487 e. The van der Waals surface area contributed by atoms with E-state index in [2.05, 4.69) is 6.07 Å². The molecule has 0 radical (unpaired) electrons. The van der Waals surface area contributed by atoms with Crippen LogP contribution < -0.4 is 9.64 Å². The van der Waals surface area contributed by atoms with Crippen molar-refractivity contribution in [1.29, 1.82) is 5.26 Å². The Bertz CT molecular complexity index is 813. The van der Waals surface area contributed by atoms with Crippen LogP contribution in [0.3, 0.4) is 0 Å². The molecule has 1 aliphatic heterocycles. The molecule has 1 amide bonds. The van der Waals surface area contributed by atoms with Crippen LogP contribution >= 0.6 is 11.8 Å². The van der Waals surface area contributed by atoms with E-state index in [4.69, 9.17) is 10.00 Å². The number of carbonyl (C=O) groups excluding carboxylic acids is 1. The lowest BCUT2D eigenvalue weighted by molar-refractivity contribution is 0.0961. The second kappa shape index (κ2) is 6.98. The summed E-state index contributed by atoms with van der Waals surface area (Å²) in [6.45, 7) is 4.49. The molecule has 1 aliphatic rings. The lowest BCUT2D eigenvalue weighted by atomic mass is 10.1. The number of aryl methyl sites for hydroxylation is 1. The van der Waals surface area contributed by atoms with Gasteiger partial charge in [-0.2, -0.15) is 5.26 Å². The fraction of sp³-hybridized carbons (Fsp3) is 0.263. The van der Waals surface area contributed by atoms with E-state index in [0.29, 0.717) is 17.9 Å². The molecule has 0 saturated carbocycles. The van der Waals surface area contributed by atoms with E-state index < -0.39 is 0 Å². The highest BCUT2D eigenvalue weighted by atomic mass is 32.2. The van der Waals surface area contributed by atoms with E-state index in [1.807, 2.05) is 56.3 Å². The number of nitrogens with zero attached hydrogens (tertiary/aromatic N) is 2. The smallest absolute Gasteiger partial charge is 0.258 e. The van der Waals surface area contributed by atoms with Gasteiger partial charge in [-0.3, -0.25) is 4.79 Å². The van der Waals surface area contributed by atoms with Crippen LogP contribution in [0.2, 0.25) is 0 Å². The van der Waals surface area contributed by atoms with Gasteiger partial charge in [0, 0.05) is 10.5 Å². The van der Waals surface area contributed by atoms with Gasteiger partial charge in [-0.15, -0.1) is 11.8 Å². The average molecular weight is 338 g/mol. The molecular formula is C19H18N2O2S. The number of nitriles is 1. The second-order valence-electron chi connectivity index (χ2n) is 5.79. The lowest BCUT2D eigenvalue weighted by Crippen LogP contribution is -2.42. The summed E-state index contributed by atoms with van der Waals surface area (Å²) in [4.78, 5) is 15.7. The normalized spacial score (nSPS) is 16.0. The Morgan fingerprint density at radius 1 is 1.38 bits per heavy atom. The molecule has 0 aromatic heterocycles. The summed E-state index contributed by atoms with van der Waals surface area (Å²) in [5, 5.41) is 8.71. The van der Waals surface area contributed by atoms with Crippen molar-refractivity contribution in [3.8, 4) is 11.8 Å². The van der Waals surface area contributed by atoms with E-state index >= 15 is 0 Å². The summed E-state index contributed by atoms with van der Waals surface area (Å²) < 4.78 is 5.87. The van der Waals surface area contributed by atoms with Crippen molar-refractivity contribution in [1.82, 2.24) is 0 Å². The Hall–Kier alpha value is -2.45. The number of rotatable bonds is 3. The van der Waals surface area contributed by atoms with E-state index in [0.717, 1.165) is 21.9 Å². The third-order valence-electron chi connectivity index (χ3n) is 3.80. The van der Waals surface area contributed by atoms with Crippen LogP contribution in [0.5, 0.6) is 5.75 Å². The zero-order valence-electron chi connectivity index (χ0n) is 13.7. The molecule has 0 aliphatic carbocycles. The lowest BCUT2D eigenvalue weighted by Gasteiger charge is -2.33. The molecule has 1 heterocycles. The first-order valence-corrected chi connectivity index (χ1v) is 8.76. The molecule has 24 heavy (non-hydrogen) atoms. The van der Waals surface area contributed by atoms with Crippen molar-refractivity contribution in [2.75, 3.05) is 17.2 Å². The van der Waals surface area contributed by atoms with Gasteiger partial charge in [-0.05, 0) is 49.7 Å². The first-order valence-electron chi connectivity index (χ1n) is 7.77. The predicted molar refractivity (Wildman–Crippen MR) is 95.7 cm³/mol. The van der Waals surface area contributed by atoms with Crippen molar-refractivity contribution in [2.45, 2.75) is 24.8 Å². The number of hydrogen-bond acceptors (Lipinski definition) is 4. The largest absolute Gasteiger partial charge is 0.487 e. The van der Waals surface area contributed by atoms with E-state index in [-0.39, 0.29) is 12.0 Å². The highest BCUT2D eigenvalue weighted by Crippen LogP contribution is 2.35. The molecule has 0 N–H and O–H groups in total. The van der Waals surface area contributed by atoms with Crippen molar-refractivity contribution >= 4 is 23.4 Å². The van der Waals surface area contributed by atoms with E-state index in [1.54, 1.807) is 4.90 Å². The second-order valence-corrected chi connectivity index (χ2v) is 6.84. The number of hydrogen-bond donors (Lipinski definition) is 0. The van der Waals surface area contributed by atoms with Crippen molar-refractivity contribution in [3.05, 3.63) is 53.6 Å². The van der Waals surface area contributed by atoms with Crippen LogP contribution in [0.15, 0.2) is 47.4 Å². The molecule has 1 atom stereocenters. The summed E-state index contributed by atoms with van der Waals surface area (Å²) in [7, 11) is 0. The molecule has 0 saturated heterocycles. The number of benzene rings is 2. The summed E-state index contributed by atoms with van der Waals surface area (Å²) in [6, 6.07) is 15.4. The van der Waals surface area contributed by atoms with Gasteiger partial charge in [0.05, 0.1) is 24.1 Å². The van der Waals surface area contributed by atoms with Gasteiger partial charge in [0.15, 0.2) is 0 Å². The SMILES string of the molecule is Cc1ccc2c(c1)O[C@H](C)CN2C(=O)c1cccc(SCC#N)c1. The molecule has 0 bridgehead atoms. The average Bonchev–Trinajstić information content (AvgIpc) is 2.58. The van der Waals surface area contributed by atoms with Crippen LogP contribution in [0.4, 0.5) is 5.69 Å². The van der Waals surface area contributed by atoms with Gasteiger partial charge in [0.25, 0.3) is 5.91 Å². The van der Waals surface area contributed by atoms with E-state index in [1.165, 1.54) is 11.8 Å². The summed E-state index contributed by atoms with van der Waals surface area (Å²) >= 11 is 1.43. The molecule has 3 rings (SSSR count). The molecule has 0 fully saturated rings. The Kier molecular flexibility index (Phi) is 4.77. The predicted octanol–water partition coefficient (Wildman–Crippen LogP) is 4.04. The third kappa shape index (κ3) is 3.39. The Balaban J connectivity index is 1.92. The van der Waals surface area contributed by atoms with Gasteiger partial charge >= 0.3 is 0 Å².